The number of ether oxygens (including phenoxy) is 1. The zero-order chi connectivity index (χ0) is 22.1. The summed E-state index contributed by atoms with van der Waals surface area (Å²) in [5.74, 6) is 1.17. The van der Waals surface area contributed by atoms with Gasteiger partial charge in [-0.15, -0.1) is 11.3 Å². The van der Waals surface area contributed by atoms with Gasteiger partial charge in [0.25, 0.3) is 0 Å². The lowest BCUT2D eigenvalue weighted by molar-refractivity contribution is 0.330. The molecule has 0 bridgehead atoms. The van der Waals surface area contributed by atoms with Crippen molar-refractivity contribution >= 4 is 21.4 Å². The van der Waals surface area contributed by atoms with Crippen LogP contribution in [0.1, 0.15) is 35.1 Å². The predicted octanol–water partition coefficient (Wildman–Crippen LogP) is 6.78. The molecular formula is C28H29NO2S. The molecule has 1 aromatic heterocycles. The van der Waals surface area contributed by atoms with Crippen LogP contribution in [0.15, 0.2) is 60.7 Å². The fourth-order valence-corrected chi connectivity index (χ4v) is 5.97. The number of hydrogen-bond acceptors (Lipinski definition) is 4. The van der Waals surface area contributed by atoms with Crippen molar-refractivity contribution in [2.45, 2.75) is 32.7 Å². The number of aryl methyl sites for hydroxylation is 1. The van der Waals surface area contributed by atoms with E-state index >= 15 is 0 Å². The standard InChI is InChI=1S/C28H29NO2S/c1-19-15-20(5-6-22(19)18-29-13-3-4-14-29)16-26-25-12-11-24(31-2)17-27(25)32-28(26)21-7-9-23(30)10-8-21/h5-12,15,17,30H,3-4,13-14,16,18H2,1-2H3. The van der Waals surface area contributed by atoms with E-state index in [1.54, 1.807) is 30.6 Å². The van der Waals surface area contributed by atoms with Crippen LogP contribution >= 0.6 is 11.3 Å². The molecule has 3 nitrogen and oxygen atoms in total. The van der Waals surface area contributed by atoms with Crippen LogP contribution in [0.5, 0.6) is 11.5 Å². The van der Waals surface area contributed by atoms with Crippen molar-refractivity contribution in [3.8, 4) is 21.9 Å². The predicted molar refractivity (Wildman–Crippen MR) is 134 cm³/mol. The van der Waals surface area contributed by atoms with Gasteiger partial charge in [0.1, 0.15) is 11.5 Å². The van der Waals surface area contributed by atoms with Gasteiger partial charge >= 0.3 is 0 Å². The second kappa shape index (κ2) is 8.97. The molecular weight excluding hydrogens is 414 g/mol. The maximum absolute atomic E-state index is 9.76. The van der Waals surface area contributed by atoms with Crippen LogP contribution in [0, 0.1) is 6.92 Å². The van der Waals surface area contributed by atoms with E-state index in [0.29, 0.717) is 5.75 Å². The van der Waals surface area contributed by atoms with Gasteiger partial charge in [0.05, 0.1) is 7.11 Å². The molecule has 3 aromatic carbocycles. The SMILES string of the molecule is COc1ccc2c(Cc3ccc(CN4CCCC4)c(C)c3)c(-c3ccc(O)cc3)sc2c1. The number of methoxy groups -OCH3 is 1. The maximum atomic E-state index is 9.76. The van der Waals surface area contributed by atoms with Gasteiger partial charge in [0, 0.05) is 16.1 Å². The second-order valence-corrected chi connectivity index (χ2v) is 9.79. The molecule has 164 valence electrons. The summed E-state index contributed by atoms with van der Waals surface area (Å²) in [6.45, 7) is 5.75. The van der Waals surface area contributed by atoms with Crippen molar-refractivity contribution in [1.82, 2.24) is 4.90 Å². The van der Waals surface area contributed by atoms with Crippen LogP contribution < -0.4 is 4.74 Å². The molecule has 0 radical (unpaired) electrons. The summed E-state index contributed by atoms with van der Waals surface area (Å²) in [7, 11) is 1.71. The average Bonchev–Trinajstić information content (AvgIpc) is 3.44. The van der Waals surface area contributed by atoms with Crippen molar-refractivity contribution in [2.24, 2.45) is 0 Å². The minimum absolute atomic E-state index is 0.294. The Morgan fingerprint density at radius 2 is 1.75 bits per heavy atom. The molecule has 1 N–H and O–H groups in total. The van der Waals surface area contributed by atoms with E-state index < -0.39 is 0 Å². The normalized spacial score (nSPS) is 14.3. The van der Waals surface area contributed by atoms with Crippen molar-refractivity contribution in [1.29, 1.82) is 0 Å². The van der Waals surface area contributed by atoms with E-state index in [4.69, 9.17) is 4.74 Å². The second-order valence-electron chi connectivity index (χ2n) is 8.74. The Hall–Kier alpha value is -2.82. The molecule has 4 aromatic rings. The molecule has 0 unspecified atom stereocenters. The third-order valence-corrected chi connectivity index (χ3v) is 7.75. The van der Waals surface area contributed by atoms with Gasteiger partial charge in [0.15, 0.2) is 0 Å². The minimum Gasteiger partial charge on any atom is -0.508 e. The van der Waals surface area contributed by atoms with Crippen LogP contribution in [0.25, 0.3) is 20.5 Å². The number of fused-ring (bicyclic) bond motifs is 1. The van der Waals surface area contributed by atoms with E-state index in [1.165, 1.54) is 63.1 Å². The molecule has 2 heterocycles. The highest BCUT2D eigenvalue weighted by Crippen LogP contribution is 2.41. The smallest absolute Gasteiger partial charge is 0.120 e. The van der Waals surface area contributed by atoms with E-state index in [1.807, 2.05) is 18.2 Å². The fourth-order valence-electron chi connectivity index (χ4n) is 4.71. The highest BCUT2D eigenvalue weighted by atomic mass is 32.1. The van der Waals surface area contributed by atoms with Crippen LogP contribution in [0.2, 0.25) is 0 Å². The average molecular weight is 444 g/mol. The zero-order valence-electron chi connectivity index (χ0n) is 18.7. The highest BCUT2D eigenvalue weighted by Gasteiger charge is 2.17. The lowest BCUT2D eigenvalue weighted by atomic mass is 9.96. The van der Waals surface area contributed by atoms with Crippen LogP contribution in [0.3, 0.4) is 0 Å². The van der Waals surface area contributed by atoms with Crippen molar-refractivity contribution in [3.63, 3.8) is 0 Å². The first-order chi connectivity index (χ1) is 15.6. The Balaban J connectivity index is 1.51. The highest BCUT2D eigenvalue weighted by molar-refractivity contribution is 7.22. The summed E-state index contributed by atoms with van der Waals surface area (Å²) >= 11 is 1.79. The number of hydrogen-bond donors (Lipinski definition) is 1. The van der Waals surface area contributed by atoms with Crippen LogP contribution in [0.4, 0.5) is 0 Å². The third kappa shape index (κ3) is 4.25. The lowest BCUT2D eigenvalue weighted by Gasteiger charge is -2.17. The van der Waals surface area contributed by atoms with Gasteiger partial charge in [-0.2, -0.15) is 0 Å². The number of nitrogens with zero attached hydrogens (tertiary/aromatic N) is 1. The molecule has 4 heteroatoms. The summed E-state index contributed by atoms with van der Waals surface area (Å²) in [5, 5.41) is 11.0. The van der Waals surface area contributed by atoms with Gasteiger partial charge in [-0.1, -0.05) is 18.2 Å². The number of aromatic hydroxyl groups is 1. The van der Waals surface area contributed by atoms with Crippen molar-refractivity contribution in [2.75, 3.05) is 20.2 Å². The third-order valence-electron chi connectivity index (χ3n) is 6.51. The molecule has 1 aliphatic heterocycles. The minimum atomic E-state index is 0.294. The number of phenolic OH excluding ortho intramolecular Hbond substituents is 1. The fraction of sp³-hybridized carbons (Fsp3) is 0.286. The molecule has 0 aliphatic carbocycles. The van der Waals surface area contributed by atoms with Gasteiger partial charge < -0.3 is 9.84 Å². The Labute approximate surface area is 193 Å². The van der Waals surface area contributed by atoms with E-state index in [0.717, 1.165) is 24.3 Å². The maximum Gasteiger partial charge on any atom is 0.120 e. The monoisotopic (exact) mass is 443 g/mol. The number of rotatable bonds is 6. The Bertz CT molecular complexity index is 1240. The summed E-state index contributed by atoms with van der Waals surface area (Å²) in [6.07, 6.45) is 3.54. The van der Waals surface area contributed by atoms with Gasteiger partial charge in [0.2, 0.25) is 0 Å². The summed E-state index contributed by atoms with van der Waals surface area (Å²) < 4.78 is 6.69. The summed E-state index contributed by atoms with van der Waals surface area (Å²) in [4.78, 5) is 3.82. The number of phenols is 1. The number of thiophene rings is 1. The number of likely N-dealkylation sites (tertiary alicyclic amines) is 1. The first kappa shape index (κ1) is 21.0. The molecule has 0 amide bonds. The molecule has 32 heavy (non-hydrogen) atoms. The van der Waals surface area contributed by atoms with Crippen molar-refractivity contribution in [3.05, 3.63) is 82.9 Å². The number of benzene rings is 3. The summed E-state index contributed by atoms with van der Waals surface area (Å²) in [5.41, 5.74) is 6.63. The van der Waals surface area contributed by atoms with Gasteiger partial charge in [-0.05, 0) is 115 Å². The van der Waals surface area contributed by atoms with Crippen molar-refractivity contribution < 1.29 is 9.84 Å². The van der Waals surface area contributed by atoms with Gasteiger partial charge in [-0.25, -0.2) is 0 Å². The zero-order valence-corrected chi connectivity index (χ0v) is 19.5. The molecule has 5 rings (SSSR count). The first-order valence-corrected chi connectivity index (χ1v) is 12.1. The van der Waals surface area contributed by atoms with E-state index in [-0.39, 0.29) is 0 Å². The largest absolute Gasteiger partial charge is 0.508 e. The molecule has 0 spiro atoms. The topological polar surface area (TPSA) is 32.7 Å². The Kier molecular flexibility index (Phi) is 5.90. The van der Waals surface area contributed by atoms with Crippen LogP contribution in [-0.4, -0.2) is 30.2 Å². The molecule has 1 saturated heterocycles. The van der Waals surface area contributed by atoms with E-state index in [2.05, 4.69) is 42.2 Å². The molecule has 1 aliphatic rings. The lowest BCUT2D eigenvalue weighted by Crippen LogP contribution is -2.18. The Morgan fingerprint density at radius 1 is 0.969 bits per heavy atom. The van der Waals surface area contributed by atoms with E-state index in [9.17, 15) is 5.11 Å². The molecule has 0 saturated carbocycles. The van der Waals surface area contributed by atoms with Gasteiger partial charge in [-0.3, -0.25) is 4.90 Å². The Morgan fingerprint density at radius 3 is 2.47 bits per heavy atom. The molecule has 1 fully saturated rings. The van der Waals surface area contributed by atoms with Crippen LogP contribution in [-0.2, 0) is 13.0 Å². The molecule has 0 atom stereocenters. The first-order valence-electron chi connectivity index (χ1n) is 11.3. The summed E-state index contributed by atoms with van der Waals surface area (Å²) in [6, 6.07) is 20.9. The quantitative estimate of drug-likeness (QED) is 0.357.